The van der Waals surface area contributed by atoms with E-state index in [0.717, 1.165) is 18.5 Å². The summed E-state index contributed by atoms with van der Waals surface area (Å²) in [5.41, 5.74) is 3.28. The maximum atomic E-state index is 12.6. The van der Waals surface area contributed by atoms with Gasteiger partial charge in [-0.1, -0.05) is 59.1 Å². The molecule has 0 bridgehead atoms. The summed E-state index contributed by atoms with van der Waals surface area (Å²) in [4.78, 5) is 12.6. The van der Waals surface area contributed by atoms with Gasteiger partial charge in [-0.15, -0.1) is 0 Å². The van der Waals surface area contributed by atoms with Gasteiger partial charge in [0.1, 0.15) is 24.0 Å². The van der Waals surface area contributed by atoms with Gasteiger partial charge in [0.2, 0.25) is 0 Å². The van der Waals surface area contributed by atoms with Crippen molar-refractivity contribution in [3.05, 3.63) is 94.0 Å². The van der Waals surface area contributed by atoms with E-state index in [0.29, 0.717) is 22.9 Å². The lowest BCUT2D eigenvalue weighted by molar-refractivity contribution is -0.112. The molecule has 3 aromatic carbocycles. The minimum atomic E-state index is -0.568. The van der Waals surface area contributed by atoms with Crippen LogP contribution in [0.25, 0.3) is 6.08 Å². The first-order valence-corrected chi connectivity index (χ1v) is 12.2. The summed E-state index contributed by atoms with van der Waals surface area (Å²) in [5, 5.41) is 12.7. The highest BCUT2D eigenvalue weighted by atomic mass is 127. The number of ether oxygens (including phenoxy) is 1. The molecule has 0 aliphatic heterocycles. The minimum Gasteiger partial charge on any atom is -0.487 e. The van der Waals surface area contributed by atoms with Gasteiger partial charge in [-0.25, -0.2) is 0 Å². The topological polar surface area (TPSA) is 62.1 Å². The second-order valence-electron chi connectivity index (χ2n) is 6.81. The Balaban J connectivity index is 1.78. The first kappa shape index (κ1) is 24.8. The molecule has 162 valence electrons. The van der Waals surface area contributed by atoms with Crippen LogP contribution in [0.15, 0.2) is 60.2 Å². The maximum Gasteiger partial charge on any atom is 0.266 e. The average Bonchev–Trinajstić information content (AvgIpc) is 2.76. The highest BCUT2D eigenvalue weighted by Gasteiger charge is 2.14. The van der Waals surface area contributed by atoms with Crippen molar-refractivity contribution in [2.75, 3.05) is 5.32 Å². The molecule has 0 fully saturated rings. The summed E-state index contributed by atoms with van der Waals surface area (Å²) in [7, 11) is 0. The first-order valence-electron chi connectivity index (χ1n) is 9.33. The van der Waals surface area contributed by atoms with Crippen molar-refractivity contribution in [1.82, 2.24) is 0 Å². The minimum absolute atomic E-state index is 0.0547. The molecule has 1 N–H and O–H groups in total. The van der Waals surface area contributed by atoms with E-state index in [1.54, 1.807) is 18.2 Å². The molecule has 3 aromatic rings. The number of amides is 1. The number of rotatable bonds is 6. The van der Waals surface area contributed by atoms with Crippen molar-refractivity contribution in [2.45, 2.75) is 13.5 Å². The lowest BCUT2D eigenvalue weighted by Crippen LogP contribution is -2.13. The van der Waals surface area contributed by atoms with Crippen LogP contribution in [-0.4, -0.2) is 5.91 Å². The Morgan fingerprint density at radius 1 is 1.12 bits per heavy atom. The number of carbonyl (C=O) groups excluding carboxylic acids is 1. The van der Waals surface area contributed by atoms with Crippen LogP contribution >= 0.6 is 68.4 Å². The van der Waals surface area contributed by atoms with Crippen LogP contribution in [0.3, 0.4) is 0 Å². The van der Waals surface area contributed by atoms with Gasteiger partial charge in [-0.3, -0.25) is 4.79 Å². The lowest BCUT2D eigenvalue weighted by atomic mass is 10.1. The third-order valence-electron chi connectivity index (χ3n) is 4.40. The van der Waals surface area contributed by atoms with Crippen molar-refractivity contribution in [2.24, 2.45) is 0 Å². The molecule has 8 heteroatoms. The number of nitriles is 1. The molecule has 0 atom stereocenters. The predicted molar refractivity (Wildman–Crippen MR) is 146 cm³/mol. The van der Waals surface area contributed by atoms with Gasteiger partial charge in [0.05, 0.1) is 22.9 Å². The zero-order chi connectivity index (χ0) is 23.3. The van der Waals surface area contributed by atoms with Crippen molar-refractivity contribution < 1.29 is 9.53 Å². The number of carbonyl (C=O) groups is 1. The molecule has 4 nitrogen and oxygen atoms in total. The summed E-state index contributed by atoms with van der Waals surface area (Å²) < 4.78 is 7.78. The van der Waals surface area contributed by atoms with Gasteiger partial charge in [-0.2, -0.15) is 5.26 Å². The van der Waals surface area contributed by atoms with Gasteiger partial charge in [0, 0.05) is 0 Å². The van der Waals surface area contributed by atoms with E-state index in [1.165, 1.54) is 11.6 Å². The maximum absolute atomic E-state index is 12.6. The zero-order valence-electron chi connectivity index (χ0n) is 16.8. The first-order chi connectivity index (χ1) is 15.3. The highest BCUT2D eigenvalue weighted by Crippen LogP contribution is 2.32. The van der Waals surface area contributed by atoms with Crippen LogP contribution in [0.4, 0.5) is 5.69 Å². The van der Waals surface area contributed by atoms with Crippen molar-refractivity contribution in [3.63, 3.8) is 0 Å². The molecule has 0 aromatic heterocycles. The molecule has 3 rings (SSSR count). The van der Waals surface area contributed by atoms with E-state index >= 15 is 0 Å². The normalized spacial score (nSPS) is 11.1. The summed E-state index contributed by atoms with van der Waals surface area (Å²) in [6, 6.07) is 18.8. The molecule has 0 aliphatic carbocycles. The Bertz CT molecular complexity index is 1210. The van der Waals surface area contributed by atoms with Crippen LogP contribution in [0.5, 0.6) is 5.75 Å². The van der Waals surface area contributed by atoms with E-state index < -0.39 is 5.91 Å². The predicted octanol–water partition coefficient (Wildman–Crippen LogP) is 7.64. The van der Waals surface area contributed by atoms with E-state index in [4.69, 9.17) is 27.9 Å². The lowest BCUT2D eigenvalue weighted by Gasteiger charge is -2.12. The van der Waals surface area contributed by atoms with Crippen LogP contribution in [-0.2, 0) is 11.4 Å². The molecule has 1 amide bonds. The molecule has 0 radical (unpaired) electrons. The summed E-state index contributed by atoms with van der Waals surface area (Å²) in [5.74, 6) is 0.193. The Morgan fingerprint density at radius 3 is 2.41 bits per heavy atom. The Kier molecular flexibility index (Phi) is 8.82. The van der Waals surface area contributed by atoms with Gasteiger partial charge in [0.25, 0.3) is 5.91 Å². The number of aryl methyl sites for hydroxylation is 1. The molecule has 0 saturated carbocycles. The Morgan fingerprint density at radius 2 is 1.78 bits per heavy atom. The zero-order valence-corrected chi connectivity index (χ0v) is 22.6. The average molecular weight is 689 g/mol. The highest BCUT2D eigenvalue weighted by molar-refractivity contribution is 14.1. The van der Waals surface area contributed by atoms with Gasteiger partial charge in [0.15, 0.2) is 0 Å². The summed E-state index contributed by atoms with van der Waals surface area (Å²) in [6.07, 6.45) is 1.53. The number of halogens is 4. The monoisotopic (exact) mass is 688 g/mol. The summed E-state index contributed by atoms with van der Waals surface area (Å²) in [6.45, 7) is 2.50. The molecule has 0 heterocycles. The van der Waals surface area contributed by atoms with E-state index in [-0.39, 0.29) is 10.6 Å². The third kappa shape index (κ3) is 6.38. The van der Waals surface area contributed by atoms with Crippen molar-refractivity contribution in [1.29, 1.82) is 5.26 Å². The Labute approximate surface area is 223 Å². The third-order valence-corrected chi connectivity index (χ3v) is 6.82. The largest absolute Gasteiger partial charge is 0.487 e. The number of nitrogens with one attached hydrogen (secondary N) is 1. The molecular weight excluding hydrogens is 673 g/mol. The van der Waals surface area contributed by atoms with Crippen LogP contribution in [0, 0.1) is 25.4 Å². The quantitative estimate of drug-likeness (QED) is 0.165. The SMILES string of the molecule is Cc1ccc(COc2c(I)cc(/C=C(/C#N)C(=O)Nc3cccc(Cl)c3Cl)cc2I)cc1. The van der Waals surface area contributed by atoms with E-state index in [9.17, 15) is 10.1 Å². The molecule has 0 spiro atoms. The number of nitrogens with zero attached hydrogens (tertiary/aromatic N) is 1. The number of hydrogen-bond acceptors (Lipinski definition) is 3. The smallest absolute Gasteiger partial charge is 0.266 e. The standard InChI is InChI=1S/C24H16Cl2I2N2O2/c1-14-5-7-15(8-6-14)13-32-23-19(27)10-16(11-20(23)28)9-17(12-29)24(31)30-21-4-2-3-18(25)22(21)26/h2-11H,13H2,1H3,(H,30,31)/b17-9-. The second kappa shape index (κ2) is 11.4. The Hall–Kier alpha value is -1.80. The fourth-order valence-corrected chi connectivity index (χ4v) is 5.22. The molecule has 0 saturated heterocycles. The van der Waals surface area contributed by atoms with Crippen molar-refractivity contribution >= 4 is 86.1 Å². The molecule has 32 heavy (non-hydrogen) atoms. The van der Waals surface area contributed by atoms with Gasteiger partial charge >= 0.3 is 0 Å². The number of hydrogen-bond donors (Lipinski definition) is 1. The van der Waals surface area contributed by atoms with Gasteiger partial charge in [-0.05, 0) is 93.6 Å². The number of anilines is 1. The summed E-state index contributed by atoms with van der Waals surface area (Å²) >= 11 is 16.5. The fraction of sp³-hybridized carbons (Fsp3) is 0.0833. The van der Waals surface area contributed by atoms with E-state index in [1.807, 2.05) is 49.4 Å². The van der Waals surface area contributed by atoms with Crippen molar-refractivity contribution in [3.8, 4) is 11.8 Å². The fourth-order valence-electron chi connectivity index (χ4n) is 2.75. The second-order valence-corrected chi connectivity index (χ2v) is 9.92. The molecule has 0 unspecified atom stereocenters. The van der Waals surface area contributed by atoms with Crippen LogP contribution in [0.1, 0.15) is 16.7 Å². The van der Waals surface area contributed by atoms with Crippen LogP contribution < -0.4 is 10.1 Å². The molecule has 0 aliphatic rings. The van der Waals surface area contributed by atoms with Crippen LogP contribution in [0.2, 0.25) is 10.0 Å². The van der Waals surface area contributed by atoms with Gasteiger partial charge < -0.3 is 10.1 Å². The number of benzene rings is 3. The molecular formula is C24H16Cl2I2N2O2. The van der Waals surface area contributed by atoms with E-state index in [2.05, 4.69) is 50.5 Å².